The van der Waals surface area contributed by atoms with Crippen LogP contribution < -0.4 is 11.1 Å². The number of hydrogen-bond acceptors (Lipinski definition) is 2. The molecule has 1 saturated carbocycles. The van der Waals surface area contributed by atoms with E-state index >= 15 is 0 Å². The first-order chi connectivity index (χ1) is 9.79. The van der Waals surface area contributed by atoms with Gasteiger partial charge in [0.1, 0.15) is 0 Å². The van der Waals surface area contributed by atoms with E-state index in [2.05, 4.69) is 17.4 Å². The summed E-state index contributed by atoms with van der Waals surface area (Å²) in [6.45, 7) is 1.98. The van der Waals surface area contributed by atoms with Gasteiger partial charge in [-0.3, -0.25) is 0 Å². The van der Waals surface area contributed by atoms with Crippen LogP contribution in [0.4, 0.5) is 4.79 Å². The van der Waals surface area contributed by atoms with Crippen molar-refractivity contribution in [1.82, 2.24) is 10.2 Å². The lowest BCUT2D eigenvalue weighted by molar-refractivity contribution is 0.190. The molecular weight excluding hydrogens is 250 g/mol. The Morgan fingerprint density at radius 3 is 2.60 bits per heavy atom. The molecule has 0 spiro atoms. The number of benzene rings is 1. The van der Waals surface area contributed by atoms with Crippen LogP contribution in [0.1, 0.15) is 37.7 Å². The molecule has 0 atom stereocenters. The van der Waals surface area contributed by atoms with Crippen molar-refractivity contribution in [3.63, 3.8) is 0 Å². The molecule has 2 amide bonds. The Kier molecular flexibility index (Phi) is 5.87. The molecule has 2 rings (SSSR count). The molecule has 0 unspecified atom stereocenters. The molecule has 0 bridgehead atoms. The molecule has 1 aliphatic rings. The summed E-state index contributed by atoms with van der Waals surface area (Å²) in [5.74, 6) is 0. The summed E-state index contributed by atoms with van der Waals surface area (Å²) in [7, 11) is 0. The number of amides is 2. The minimum Gasteiger partial charge on any atom is -0.335 e. The van der Waals surface area contributed by atoms with Gasteiger partial charge in [-0.15, -0.1) is 0 Å². The van der Waals surface area contributed by atoms with Gasteiger partial charge in [-0.2, -0.15) is 0 Å². The Bertz CT molecular complexity index is 401. The van der Waals surface area contributed by atoms with E-state index in [4.69, 9.17) is 5.73 Å². The maximum atomic E-state index is 12.4. The zero-order chi connectivity index (χ0) is 14.2. The number of nitrogens with one attached hydrogen (secondary N) is 1. The third-order valence-electron chi connectivity index (χ3n) is 3.82. The second-order valence-corrected chi connectivity index (χ2v) is 5.48. The predicted molar refractivity (Wildman–Crippen MR) is 81.3 cm³/mol. The van der Waals surface area contributed by atoms with Crippen LogP contribution in [0.25, 0.3) is 0 Å². The maximum Gasteiger partial charge on any atom is 0.317 e. The summed E-state index contributed by atoms with van der Waals surface area (Å²) in [5, 5.41) is 3.15. The van der Waals surface area contributed by atoms with Crippen LogP contribution in [0.5, 0.6) is 0 Å². The van der Waals surface area contributed by atoms with Crippen molar-refractivity contribution in [1.29, 1.82) is 0 Å². The van der Waals surface area contributed by atoms with Crippen molar-refractivity contribution in [2.24, 2.45) is 5.73 Å². The Balaban J connectivity index is 1.92. The van der Waals surface area contributed by atoms with E-state index < -0.39 is 0 Å². The molecule has 0 saturated heterocycles. The summed E-state index contributed by atoms with van der Waals surface area (Å²) in [6.07, 6.45) is 5.52. The number of urea groups is 1. The zero-order valence-corrected chi connectivity index (χ0v) is 12.1. The molecule has 110 valence electrons. The van der Waals surface area contributed by atoms with Crippen molar-refractivity contribution < 1.29 is 4.79 Å². The van der Waals surface area contributed by atoms with Crippen molar-refractivity contribution in [3.8, 4) is 0 Å². The van der Waals surface area contributed by atoms with E-state index in [1.54, 1.807) is 0 Å². The highest BCUT2D eigenvalue weighted by Crippen LogP contribution is 2.18. The number of hydrogen-bond donors (Lipinski definition) is 2. The molecule has 0 radical (unpaired) electrons. The van der Waals surface area contributed by atoms with Gasteiger partial charge >= 0.3 is 6.03 Å². The molecule has 0 aliphatic heterocycles. The first kappa shape index (κ1) is 14.9. The number of carbonyl (C=O) groups excluding carboxylic acids is 1. The fourth-order valence-electron chi connectivity index (χ4n) is 2.67. The highest BCUT2D eigenvalue weighted by Gasteiger charge is 2.20. The average molecular weight is 275 g/mol. The van der Waals surface area contributed by atoms with E-state index in [9.17, 15) is 4.79 Å². The normalized spacial score (nSPS) is 15.2. The van der Waals surface area contributed by atoms with Crippen LogP contribution in [-0.4, -0.2) is 30.1 Å². The van der Waals surface area contributed by atoms with Crippen LogP contribution >= 0.6 is 0 Å². The Morgan fingerprint density at radius 2 is 1.95 bits per heavy atom. The summed E-state index contributed by atoms with van der Waals surface area (Å²) < 4.78 is 0. The number of carbonyl (C=O) groups is 1. The Labute approximate surface area is 121 Å². The smallest absolute Gasteiger partial charge is 0.317 e. The highest BCUT2D eigenvalue weighted by molar-refractivity contribution is 5.74. The highest BCUT2D eigenvalue weighted by atomic mass is 16.2. The molecular formula is C16H25N3O. The van der Waals surface area contributed by atoms with Crippen LogP contribution in [0.2, 0.25) is 0 Å². The molecule has 0 aromatic heterocycles. The first-order valence-corrected chi connectivity index (χ1v) is 7.59. The second kappa shape index (κ2) is 7.90. The minimum absolute atomic E-state index is 0.0502. The van der Waals surface area contributed by atoms with Crippen LogP contribution in [0, 0.1) is 0 Å². The molecule has 0 heterocycles. The Hall–Kier alpha value is -1.55. The van der Waals surface area contributed by atoms with Crippen molar-refractivity contribution >= 4 is 6.03 Å². The van der Waals surface area contributed by atoms with Gasteiger partial charge in [0.25, 0.3) is 0 Å². The lowest BCUT2D eigenvalue weighted by Gasteiger charge is -2.25. The zero-order valence-electron chi connectivity index (χ0n) is 12.1. The molecule has 1 aromatic rings. The molecule has 1 fully saturated rings. The average Bonchev–Trinajstić information content (AvgIpc) is 2.97. The number of nitrogens with two attached hydrogens (primary N) is 1. The van der Waals surface area contributed by atoms with E-state index in [-0.39, 0.29) is 6.03 Å². The first-order valence-electron chi connectivity index (χ1n) is 7.59. The number of rotatable bonds is 6. The minimum atomic E-state index is 0.0502. The second-order valence-electron chi connectivity index (χ2n) is 5.48. The quantitative estimate of drug-likeness (QED) is 0.838. The lowest BCUT2D eigenvalue weighted by atomic mass is 10.2. The van der Waals surface area contributed by atoms with Gasteiger partial charge in [0.15, 0.2) is 0 Å². The third-order valence-corrected chi connectivity index (χ3v) is 3.82. The fourth-order valence-corrected chi connectivity index (χ4v) is 2.67. The van der Waals surface area contributed by atoms with E-state index in [0.717, 1.165) is 24.8 Å². The topological polar surface area (TPSA) is 58.4 Å². The van der Waals surface area contributed by atoms with Gasteiger partial charge in [-0.25, -0.2) is 4.79 Å². The Morgan fingerprint density at radius 1 is 1.25 bits per heavy atom. The van der Waals surface area contributed by atoms with Crippen molar-refractivity contribution in [2.45, 2.75) is 44.7 Å². The van der Waals surface area contributed by atoms with Crippen LogP contribution in [-0.2, 0) is 6.54 Å². The van der Waals surface area contributed by atoms with E-state index in [1.165, 1.54) is 12.8 Å². The van der Waals surface area contributed by atoms with Gasteiger partial charge in [0.2, 0.25) is 0 Å². The molecule has 1 aliphatic carbocycles. The molecule has 4 heteroatoms. The van der Waals surface area contributed by atoms with Gasteiger partial charge in [0.05, 0.1) is 0 Å². The van der Waals surface area contributed by atoms with Gasteiger partial charge in [-0.05, 0) is 31.4 Å². The predicted octanol–water partition coefficient (Wildman–Crippen LogP) is 2.49. The largest absolute Gasteiger partial charge is 0.335 e. The standard InChI is InChI=1S/C16H25N3O/c17-11-6-12-19(13-14-7-2-1-3-8-14)16(20)18-15-9-4-5-10-15/h1-3,7-8,15H,4-6,9-13,17H2,(H,18,20). The molecule has 4 nitrogen and oxygen atoms in total. The fraction of sp³-hybridized carbons (Fsp3) is 0.562. The molecule has 20 heavy (non-hydrogen) atoms. The van der Waals surface area contributed by atoms with Crippen molar-refractivity contribution in [3.05, 3.63) is 35.9 Å². The van der Waals surface area contributed by atoms with E-state index in [1.807, 2.05) is 23.1 Å². The summed E-state index contributed by atoms with van der Waals surface area (Å²) in [6, 6.07) is 10.5. The maximum absolute atomic E-state index is 12.4. The summed E-state index contributed by atoms with van der Waals surface area (Å²) >= 11 is 0. The third kappa shape index (κ3) is 4.53. The van der Waals surface area contributed by atoms with E-state index in [0.29, 0.717) is 25.7 Å². The van der Waals surface area contributed by atoms with Gasteiger partial charge in [-0.1, -0.05) is 43.2 Å². The summed E-state index contributed by atoms with van der Waals surface area (Å²) in [5.41, 5.74) is 6.73. The monoisotopic (exact) mass is 275 g/mol. The molecule has 3 N–H and O–H groups in total. The van der Waals surface area contributed by atoms with Crippen LogP contribution in [0.15, 0.2) is 30.3 Å². The summed E-state index contributed by atoms with van der Waals surface area (Å²) in [4.78, 5) is 14.3. The van der Waals surface area contributed by atoms with Gasteiger partial charge in [0, 0.05) is 19.1 Å². The SMILES string of the molecule is NCCCN(Cc1ccccc1)C(=O)NC1CCCC1. The van der Waals surface area contributed by atoms with Gasteiger partial charge < -0.3 is 16.0 Å². The van der Waals surface area contributed by atoms with Crippen molar-refractivity contribution in [2.75, 3.05) is 13.1 Å². The molecule has 1 aromatic carbocycles. The van der Waals surface area contributed by atoms with Crippen LogP contribution in [0.3, 0.4) is 0 Å². The number of nitrogens with zero attached hydrogens (tertiary/aromatic N) is 1. The lowest BCUT2D eigenvalue weighted by Crippen LogP contribution is -2.44.